The summed E-state index contributed by atoms with van der Waals surface area (Å²) in [6.45, 7) is 6.58. The molecule has 1 aliphatic rings. The fourth-order valence-corrected chi connectivity index (χ4v) is 1.09. The van der Waals surface area contributed by atoms with E-state index in [1.807, 2.05) is 0 Å². The molecule has 2 N–H and O–H groups in total. The van der Waals surface area contributed by atoms with Crippen LogP contribution in [0.2, 0.25) is 0 Å². The zero-order valence-corrected chi connectivity index (χ0v) is 7.41. The third-order valence-electron chi connectivity index (χ3n) is 2.48. The van der Waals surface area contributed by atoms with Crippen molar-refractivity contribution in [2.75, 3.05) is 0 Å². The average Bonchev–Trinajstić information content (AvgIpc) is 2.43. The van der Waals surface area contributed by atoms with Crippen LogP contribution in [0, 0.1) is 5.41 Å². The summed E-state index contributed by atoms with van der Waals surface area (Å²) in [5, 5.41) is 0. The van der Waals surface area contributed by atoms with E-state index < -0.39 is 0 Å². The van der Waals surface area contributed by atoms with Gasteiger partial charge in [0.25, 0.3) is 0 Å². The molecule has 0 aromatic heterocycles. The van der Waals surface area contributed by atoms with Gasteiger partial charge in [0.15, 0.2) is 0 Å². The molecule has 10 heavy (non-hydrogen) atoms. The van der Waals surface area contributed by atoms with E-state index in [4.69, 9.17) is 5.73 Å². The lowest BCUT2D eigenvalue weighted by Gasteiger charge is -2.20. The Bertz CT molecular complexity index is 112. The molecule has 1 fully saturated rings. The number of rotatable bonds is 3. The summed E-state index contributed by atoms with van der Waals surface area (Å²) >= 11 is 0. The fourth-order valence-electron chi connectivity index (χ4n) is 1.09. The van der Waals surface area contributed by atoms with Gasteiger partial charge in [-0.05, 0) is 44.9 Å². The summed E-state index contributed by atoms with van der Waals surface area (Å²) in [5.41, 5.74) is 6.59. The molecule has 1 rings (SSSR count). The van der Waals surface area contributed by atoms with Crippen molar-refractivity contribution in [3.05, 3.63) is 0 Å². The molecule has 1 aliphatic carbocycles. The summed E-state index contributed by atoms with van der Waals surface area (Å²) in [6.07, 6.45) is 5.33. The van der Waals surface area contributed by atoms with Gasteiger partial charge in [0, 0.05) is 5.54 Å². The maximum atomic E-state index is 5.87. The molecule has 0 heterocycles. The second-order valence-corrected chi connectivity index (χ2v) is 4.80. The molecule has 0 radical (unpaired) electrons. The van der Waals surface area contributed by atoms with Crippen LogP contribution in [0.15, 0.2) is 0 Å². The van der Waals surface area contributed by atoms with E-state index >= 15 is 0 Å². The van der Waals surface area contributed by atoms with Crippen LogP contribution in [-0.4, -0.2) is 5.54 Å². The van der Waals surface area contributed by atoms with E-state index in [0.717, 1.165) is 0 Å². The third-order valence-corrected chi connectivity index (χ3v) is 2.48. The van der Waals surface area contributed by atoms with Crippen molar-refractivity contribution >= 4 is 0 Å². The van der Waals surface area contributed by atoms with Gasteiger partial charge in [-0.25, -0.2) is 0 Å². The zero-order chi connectivity index (χ0) is 7.83. The minimum absolute atomic E-state index is 0.0472. The lowest BCUT2D eigenvalue weighted by atomic mass is 9.92. The molecule has 0 aliphatic heterocycles. The summed E-state index contributed by atoms with van der Waals surface area (Å²) in [6, 6.07) is 0. The molecule has 1 saturated carbocycles. The SMILES string of the molecule is CC(C)(N)CCC1(C)CC1. The summed E-state index contributed by atoms with van der Waals surface area (Å²) in [4.78, 5) is 0. The van der Waals surface area contributed by atoms with E-state index in [9.17, 15) is 0 Å². The first-order chi connectivity index (χ1) is 4.41. The minimum Gasteiger partial charge on any atom is -0.326 e. The van der Waals surface area contributed by atoms with Crippen LogP contribution in [0.1, 0.15) is 46.5 Å². The van der Waals surface area contributed by atoms with Crippen molar-refractivity contribution in [3.63, 3.8) is 0 Å². The van der Waals surface area contributed by atoms with E-state index in [0.29, 0.717) is 5.41 Å². The summed E-state index contributed by atoms with van der Waals surface area (Å²) < 4.78 is 0. The fraction of sp³-hybridized carbons (Fsp3) is 1.00. The first-order valence-electron chi connectivity index (χ1n) is 4.20. The van der Waals surface area contributed by atoms with Gasteiger partial charge in [0.1, 0.15) is 0 Å². The zero-order valence-electron chi connectivity index (χ0n) is 7.41. The molecule has 0 unspecified atom stereocenters. The molecule has 0 spiro atoms. The monoisotopic (exact) mass is 141 g/mol. The Morgan fingerprint density at radius 2 is 1.90 bits per heavy atom. The highest BCUT2D eigenvalue weighted by molar-refractivity contribution is 4.90. The molecule has 0 aromatic rings. The normalized spacial score (nSPS) is 22.8. The topological polar surface area (TPSA) is 26.0 Å². The molecule has 0 bridgehead atoms. The van der Waals surface area contributed by atoms with Crippen LogP contribution in [0.4, 0.5) is 0 Å². The van der Waals surface area contributed by atoms with E-state index in [2.05, 4.69) is 20.8 Å². The van der Waals surface area contributed by atoms with Gasteiger partial charge in [-0.3, -0.25) is 0 Å². The van der Waals surface area contributed by atoms with Crippen molar-refractivity contribution in [3.8, 4) is 0 Å². The Balaban J connectivity index is 2.17. The van der Waals surface area contributed by atoms with Crippen LogP contribution >= 0.6 is 0 Å². The number of nitrogens with two attached hydrogens (primary N) is 1. The molecule has 1 nitrogen and oxygen atoms in total. The smallest absolute Gasteiger partial charge is 0.00972 e. The van der Waals surface area contributed by atoms with Gasteiger partial charge in [0.05, 0.1) is 0 Å². The van der Waals surface area contributed by atoms with E-state index in [1.54, 1.807) is 0 Å². The molecule has 0 saturated heterocycles. The maximum absolute atomic E-state index is 5.87. The molecular formula is C9H19N. The van der Waals surface area contributed by atoms with Gasteiger partial charge < -0.3 is 5.73 Å². The lowest BCUT2D eigenvalue weighted by molar-refractivity contribution is 0.388. The predicted molar refractivity (Wildman–Crippen MR) is 44.8 cm³/mol. The molecular weight excluding hydrogens is 122 g/mol. The van der Waals surface area contributed by atoms with E-state index in [-0.39, 0.29) is 5.54 Å². The maximum Gasteiger partial charge on any atom is 0.00972 e. The van der Waals surface area contributed by atoms with Crippen molar-refractivity contribution in [2.24, 2.45) is 11.1 Å². The highest BCUT2D eigenvalue weighted by Gasteiger charge is 2.37. The molecule has 0 atom stereocenters. The van der Waals surface area contributed by atoms with Crippen LogP contribution in [0.3, 0.4) is 0 Å². The van der Waals surface area contributed by atoms with Crippen molar-refractivity contribution in [1.29, 1.82) is 0 Å². The number of hydrogen-bond acceptors (Lipinski definition) is 1. The van der Waals surface area contributed by atoms with Gasteiger partial charge in [-0.2, -0.15) is 0 Å². The quantitative estimate of drug-likeness (QED) is 0.641. The second kappa shape index (κ2) is 2.23. The standard InChI is InChI=1S/C9H19N/c1-8(2,10)4-5-9(3)6-7-9/h4-7,10H2,1-3H3. The predicted octanol–water partition coefficient (Wildman–Crippen LogP) is 2.30. The average molecular weight is 141 g/mol. The van der Waals surface area contributed by atoms with Crippen LogP contribution in [0.5, 0.6) is 0 Å². The Morgan fingerprint density at radius 1 is 1.40 bits per heavy atom. The first-order valence-corrected chi connectivity index (χ1v) is 4.20. The van der Waals surface area contributed by atoms with Crippen molar-refractivity contribution in [2.45, 2.75) is 52.0 Å². The number of hydrogen-bond donors (Lipinski definition) is 1. The second-order valence-electron chi connectivity index (χ2n) is 4.80. The highest BCUT2D eigenvalue weighted by Crippen LogP contribution is 2.49. The Hall–Kier alpha value is -0.0400. The summed E-state index contributed by atoms with van der Waals surface area (Å²) in [5.74, 6) is 0. The van der Waals surface area contributed by atoms with Crippen LogP contribution < -0.4 is 5.73 Å². The minimum atomic E-state index is 0.0472. The van der Waals surface area contributed by atoms with Gasteiger partial charge in [-0.1, -0.05) is 6.92 Å². The van der Waals surface area contributed by atoms with Crippen molar-refractivity contribution < 1.29 is 0 Å². The molecule has 0 amide bonds. The van der Waals surface area contributed by atoms with Crippen molar-refractivity contribution in [1.82, 2.24) is 0 Å². The molecule has 0 aromatic carbocycles. The largest absolute Gasteiger partial charge is 0.326 e. The Labute approximate surface area is 64.0 Å². The lowest BCUT2D eigenvalue weighted by Crippen LogP contribution is -2.32. The van der Waals surface area contributed by atoms with Crippen LogP contribution in [0.25, 0.3) is 0 Å². The van der Waals surface area contributed by atoms with Gasteiger partial charge >= 0.3 is 0 Å². The van der Waals surface area contributed by atoms with Crippen LogP contribution in [-0.2, 0) is 0 Å². The molecule has 1 heteroatoms. The Kier molecular flexibility index (Phi) is 1.80. The summed E-state index contributed by atoms with van der Waals surface area (Å²) in [7, 11) is 0. The highest BCUT2D eigenvalue weighted by atomic mass is 14.7. The first kappa shape index (κ1) is 8.06. The third kappa shape index (κ3) is 2.70. The van der Waals surface area contributed by atoms with Gasteiger partial charge in [-0.15, -0.1) is 0 Å². The van der Waals surface area contributed by atoms with Gasteiger partial charge in [0.2, 0.25) is 0 Å². The van der Waals surface area contributed by atoms with E-state index in [1.165, 1.54) is 25.7 Å². The Morgan fingerprint density at radius 3 is 2.20 bits per heavy atom. The molecule has 60 valence electrons.